The number of rotatable bonds is 8. The van der Waals surface area contributed by atoms with Crippen molar-refractivity contribution in [2.75, 3.05) is 19.0 Å². The van der Waals surface area contributed by atoms with Crippen molar-refractivity contribution >= 4 is 11.7 Å². The van der Waals surface area contributed by atoms with Crippen LogP contribution in [-0.2, 0) is 13.0 Å². The first-order valence-electron chi connectivity index (χ1n) is 13.0. The van der Waals surface area contributed by atoms with E-state index in [1.165, 1.54) is 11.6 Å². The summed E-state index contributed by atoms with van der Waals surface area (Å²) in [5, 5.41) is 9.26. The average Bonchev–Trinajstić information content (AvgIpc) is 3.33. The van der Waals surface area contributed by atoms with Crippen LogP contribution in [0.25, 0.3) is 0 Å². The Morgan fingerprint density at radius 1 is 1.00 bits per heavy atom. The smallest absolute Gasteiger partial charge is 0.319 e. The molecule has 1 aliphatic heterocycles. The summed E-state index contributed by atoms with van der Waals surface area (Å²) in [6.07, 6.45) is 4.59. The molecule has 3 unspecified atom stereocenters. The lowest BCUT2D eigenvalue weighted by molar-refractivity contribution is 0.146. The quantitative estimate of drug-likeness (QED) is 0.350. The molecule has 8 heteroatoms. The molecule has 2 fully saturated rings. The first kappa shape index (κ1) is 26.0. The zero-order chi connectivity index (χ0) is 26.5. The fourth-order valence-corrected chi connectivity index (χ4v) is 5.83. The molecular formula is C30H33F2N3O3. The largest absolute Gasteiger partial charge is 0.493 e. The molecule has 2 amide bonds. The normalized spacial score (nSPS) is 22.4. The summed E-state index contributed by atoms with van der Waals surface area (Å²) in [6.45, 7) is 1.40. The van der Waals surface area contributed by atoms with Crippen LogP contribution in [0.1, 0.15) is 36.8 Å². The highest BCUT2D eigenvalue weighted by molar-refractivity contribution is 5.89. The Morgan fingerprint density at radius 3 is 2.63 bits per heavy atom. The van der Waals surface area contributed by atoms with Crippen LogP contribution < -0.4 is 25.4 Å². The van der Waals surface area contributed by atoms with Gasteiger partial charge in [-0.1, -0.05) is 36.4 Å². The lowest BCUT2D eigenvalue weighted by Gasteiger charge is -2.42. The lowest BCUT2D eigenvalue weighted by Crippen LogP contribution is -2.50. The van der Waals surface area contributed by atoms with E-state index in [4.69, 9.17) is 9.47 Å². The topological polar surface area (TPSA) is 71.6 Å². The van der Waals surface area contributed by atoms with Gasteiger partial charge in [-0.05, 0) is 79.5 Å². The molecule has 0 radical (unpaired) electrons. The van der Waals surface area contributed by atoms with Crippen molar-refractivity contribution in [3.63, 3.8) is 0 Å². The number of nitrogens with one attached hydrogen (secondary N) is 3. The molecule has 3 aromatic rings. The van der Waals surface area contributed by atoms with Crippen molar-refractivity contribution in [2.24, 2.45) is 5.41 Å². The fraction of sp³-hybridized carbons (Fsp3) is 0.367. The first-order chi connectivity index (χ1) is 18.4. The van der Waals surface area contributed by atoms with Gasteiger partial charge in [-0.15, -0.1) is 0 Å². The number of halogens is 2. The number of fused-ring (bicyclic) bond motifs is 1. The van der Waals surface area contributed by atoms with Crippen LogP contribution in [0.2, 0.25) is 0 Å². The molecule has 0 aromatic heterocycles. The molecule has 3 N–H and O–H groups in total. The van der Waals surface area contributed by atoms with Crippen molar-refractivity contribution in [2.45, 2.75) is 50.8 Å². The average molecular weight is 522 g/mol. The van der Waals surface area contributed by atoms with Crippen molar-refractivity contribution < 1.29 is 23.0 Å². The van der Waals surface area contributed by atoms with Gasteiger partial charge in [0.05, 0.1) is 7.11 Å². The summed E-state index contributed by atoms with van der Waals surface area (Å²) >= 11 is 0. The number of anilines is 1. The van der Waals surface area contributed by atoms with Crippen molar-refractivity contribution in [1.29, 1.82) is 0 Å². The van der Waals surface area contributed by atoms with Crippen molar-refractivity contribution in [3.8, 4) is 11.5 Å². The van der Waals surface area contributed by atoms with Gasteiger partial charge in [0.25, 0.3) is 0 Å². The highest BCUT2D eigenvalue weighted by Crippen LogP contribution is 2.46. The Bertz CT molecular complexity index is 1270. The third kappa shape index (κ3) is 5.91. The van der Waals surface area contributed by atoms with E-state index in [-0.39, 0.29) is 23.2 Å². The van der Waals surface area contributed by atoms with Crippen LogP contribution in [0.3, 0.4) is 0 Å². The third-order valence-corrected chi connectivity index (χ3v) is 7.80. The monoisotopic (exact) mass is 521 g/mol. The predicted octanol–water partition coefficient (Wildman–Crippen LogP) is 5.82. The number of benzene rings is 3. The summed E-state index contributed by atoms with van der Waals surface area (Å²) in [6, 6.07) is 19.4. The van der Waals surface area contributed by atoms with Crippen molar-refractivity contribution in [3.05, 3.63) is 89.5 Å². The molecule has 0 bridgehead atoms. The van der Waals surface area contributed by atoms with Crippen LogP contribution in [0, 0.1) is 17.0 Å². The number of urea groups is 1. The van der Waals surface area contributed by atoms with E-state index in [0.717, 1.165) is 62.1 Å². The van der Waals surface area contributed by atoms with E-state index in [2.05, 4.69) is 28.1 Å². The molecule has 38 heavy (non-hydrogen) atoms. The Kier molecular flexibility index (Phi) is 7.79. The summed E-state index contributed by atoms with van der Waals surface area (Å²) in [4.78, 5) is 12.5. The summed E-state index contributed by atoms with van der Waals surface area (Å²) in [7, 11) is 1.65. The molecule has 1 saturated carbocycles. The highest BCUT2D eigenvalue weighted by Gasteiger charge is 2.46. The number of hydrogen-bond acceptors (Lipinski definition) is 4. The number of carbonyl (C=O) groups excluding carboxylic acids is 1. The van der Waals surface area contributed by atoms with E-state index < -0.39 is 17.7 Å². The minimum Gasteiger partial charge on any atom is -0.493 e. The minimum atomic E-state index is -0.993. The van der Waals surface area contributed by atoms with Gasteiger partial charge in [0, 0.05) is 23.8 Å². The standard InChI is InChI=1S/C30H33F2N3O3/c1-37-26-10-7-21(15-27(26)38-19-20-5-3-2-4-6-20)18-30-12-11-23(17-28(30)33-14-13-30)35-29(36)34-22-8-9-24(31)25(32)16-22/h2-10,15-16,23,28,33H,11-14,17-19H2,1H3,(H2,34,35,36). The molecule has 3 aromatic carbocycles. The molecule has 2 aliphatic rings. The van der Waals surface area contributed by atoms with Gasteiger partial charge in [-0.2, -0.15) is 0 Å². The van der Waals surface area contributed by atoms with Gasteiger partial charge in [0.15, 0.2) is 23.1 Å². The second-order valence-electron chi connectivity index (χ2n) is 10.3. The fourth-order valence-electron chi connectivity index (χ4n) is 5.83. The molecule has 0 spiro atoms. The summed E-state index contributed by atoms with van der Waals surface area (Å²) in [5.74, 6) is -0.494. The van der Waals surface area contributed by atoms with Crippen molar-refractivity contribution in [1.82, 2.24) is 10.6 Å². The number of hydrogen-bond donors (Lipinski definition) is 3. The highest BCUT2D eigenvalue weighted by atomic mass is 19.2. The second kappa shape index (κ2) is 11.4. The van der Waals surface area contributed by atoms with Crippen LogP contribution in [0.5, 0.6) is 11.5 Å². The Balaban J connectivity index is 1.21. The van der Waals surface area contributed by atoms with Crippen LogP contribution in [0.15, 0.2) is 66.7 Å². The maximum atomic E-state index is 13.5. The number of carbonyl (C=O) groups is 1. The lowest BCUT2D eigenvalue weighted by atomic mass is 9.66. The van der Waals surface area contributed by atoms with Gasteiger partial charge in [0.1, 0.15) is 6.61 Å². The molecule has 1 heterocycles. The van der Waals surface area contributed by atoms with Crippen LogP contribution >= 0.6 is 0 Å². The molecular weight excluding hydrogens is 488 g/mol. The maximum absolute atomic E-state index is 13.5. The van der Waals surface area contributed by atoms with Crippen LogP contribution in [-0.4, -0.2) is 31.8 Å². The predicted molar refractivity (Wildman–Crippen MR) is 142 cm³/mol. The summed E-state index contributed by atoms with van der Waals surface area (Å²) < 4.78 is 38.3. The van der Waals surface area contributed by atoms with Gasteiger partial charge in [-0.3, -0.25) is 0 Å². The Labute approximate surface area is 221 Å². The SMILES string of the molecule is COc1ccc(CC23CCNC2CC(NC(=O)Nc2ccc(F)c(F)c2)CC3)cc1OCc1ccccc1. The van der Waals surface area contributed by atoms with E-state index in [1.54, 1.807) is 7.11 Å². The molecule has 3 atom stereocenters. The van der Waals surface area contributed by atoms with Gasteiger partial charge >= 0.3 is 6.03 Å². The van der Waals surface area contributed by atoms with E-state index in [1.807, 2.05) is 36.4 Å². The Hall–Kier alpha value is -3.65. The molecule has 1 saturated heterocycles. The van der Waals surface area contributed by atoms with E-state index >= 15 is 0 Å². The van der Waals surface area contributed by atoms with E-state index in [9.17, 15) is 13.6 Å². The maximum Gasteiger partial charge on any atom is 0.319 e. The zero-order valence-corrected chi connectivity index (χ0v) is 21.4. The number of ether oxygens (including phenoxy) is 2. The van der Waals surface area contributed by atoms with Gasteiger partial charge in [-0.25, -0.2) is 13.6 Å². The molecule has 5 rings (SSSR count). The van der Waals surface area contributed by atoms with E-state index in [0.29, 0.717) is 12.4 Å². The second-order valence-corrected chi connectivity index (χ2v) is 10.3. The molecule has 200 valence electrons. The number of methoxy groups -OCH3 is 1. The minimum absolute atomic E-state index is 0.00958. The van der Waals surface area contributed by atoms with Gasteiger partial charge < -0.3 is 25.4 Å². The first-order valence-corrected chi connectivity index (χ1v) is 13.0. The molecule has 6 nitrogen and oxygen atoms in total. The number of amides is 2. The Morgan fingerprint density at radius 2 is 1.84 bits per heavy atom. The summed E-state index contributed by atoms with van der Waals surface area (Å²) in [5.41, 5.74) is 2.61. The van der Waals surface area contributed by atoms with Crippen LogP contribution in [0.4, 0.5) is 19.3 Å². The van der Waals surface area contributed by atoms with Gasteiger partial charge in [0.2, 0.25) is 0 Å². The molecule has 1 aliphatic carbocycles. The third-order valence-electron chi connectivity index (χ3n) is 7.80. The zero-order valence-electron chi connectivity index (χ0n) is 21.4.